The van der Waals surface area contributed by atoms with E-state index in [0.29, 0.717) is 25.7 Å². The summed E-state index contributed by atoms with van der Waals surface area (Å²) in [6, 6.07) is 6.01. The smallest absolute Gasteiger partial charge is 0.303 e. The molecule has 0 saturated heterocycles. The predicted molar refractivity (Wildman–Crippen MR) is 111 cm³/mol. The molecule has 1 aliphatic heterocycles. The monoisotopic (exact) mass is 398 g/mol. The van der Waals surface area contributed by atoms with Crippen molar-refractivity contribution in [2.75, 3.05) is 0 Å². The van der Waals surface area contributed by atoms with Gasteiger partial charge < -0.3 is 20.1 Å². The summed E-state index contributed by atoms with van der Waals surface area (Å²) in [4.78, 5) is 10.8. The lowest BCUT2D eigenvalue weighted by atomic mass is 9.86. The van der Waals surface area contributed by atoms with Crippen LogP contribution in [0.25, 0.3) is 0 Å². The number of carbonyl (C=O) groups is 1. The fourth-order valence-electron chi connectivity index (χ4n) is 4.41. The van der Waals surface area contributed by atoms with Gasteiger partial charge in [0.05, 0.1) is 12.2 Å². The highest BCUT2D eigenvalue weighted by molar-refractivity contribution is 5.66. The van der Waals surface area contributed by atoms with Crippen LogP contribution < -0.4 is 4.74 Å². The van der Waals surface area contributed by atoms with Crippen molar-refractivity contribution < 1.29 is 24.9 Å². The topological polar surface area (TPSA) is 87.0 Å². The average molecular weight is 398 g/mol. The first kappa shape index (κ1) is 21.4. The predicted octanol–water partition coefficient (Wildman–Crippen LogP) is 3.29. The molecule has 3 rings (SSSR count). The molecule has 0 amide bonds. The number of aliphatic carboxylic acids is 1. The molecule has 1 aliphatic carbocycles. The summed E-state index contributed by atoms with van der Waals surface area (Å²) in [7, 11) is 0. The Morgan fingerprint density at radius 3 is 2.93 bits per heavy atom. The zero-order valence-electron chi connectivity index (χ0n) is 17.0. The van der Waals surface area contributed by atoms with Gasteiger partial charge in [-0.3, -0.25) is 4.79 Å². The van der Waals surface area contributed by atoms with Crippen molar-refractivity contribution in [1.29, 1.82) is 0 Å². The van der Waals surface area contributed by atoms with Gasteiger partial charge in [-0.15, -0.1) is 11.8 Å². The fourth-order valence-corrected chi connectivity index (χ4v) is 4.41. The summed E-state index contributed by atoms with van der Waals surface area (Å²) in [5.41, 5.74) is 2.11. The largest absolute Gasteiger partial charge is 0.489 e. The van der Waals surface area contributed by atoms with Gasteiger partial charge >= 0.3 is 5.97 Å². The van der Waals surface area contributed by atoms with Crippen molar-refractivity contribution in [3.63, 3.8) is 0 Å². The highest BCUT2D eigenvalue weighted by Crippen LogP contribution is 2.52. The molecule has 1 fully saturated rings. The van der Waals surface area contributed by atoms with Crippen LogP contribution in [0.1, 0.15) is 56.6 Å². The lowest BCUT2D eigenvalue weighted by Crippen LogP contribution is -2.19. The minimum atomic E-state index is -0.790. The molecule has 0 spiro atoms. The minimum absolute atomic E-state index is 0.0287. The van der Waals surface area contributed by atoms with Gasteiger partial charge in [0.15, 0.2) is 0 Å². The lowest BCUT2D eigenvalue weighted by Gasteiger charge is -2.19. The Morgan fingerprint density at radius 2 is 2.21 bits per heavy atom. The van der Waals surface area contributed by atoms with Crippen LogP contribution >= 0.6 is 0 Å². The highest BCUT2D eigenvalue weighted by Gasteiger charge is 2.48. The van der Waals surface area contributed by atoms with Crippen LogP contribution in [0.3, 0.4) is 0 Å². The maximum atomic E-state index is 10.8. The van der Waals surface area contributed by atoms with E-state index in [4.69, 9.17) is 9.84 Å². The van der Waals surface area contributed by atoms with E-state index in [1.165, 1.54) is 0 Å². The molecule has 156 valence electrons. The zero-order valence-corrected chi connectivity index (χ0v) is 17.0. The van der Waals surface area contributed by atoms with Gasteiger partial charge in [0, 0.05) is 36.7 Å². The Balaban J connectivity index is 1.75. The Morgan fingerprint density at radius 1 is 1.41 bits per heavy atom. The number of hydrogen-bond donors (Lipinski definition) is 3. The Labute approximate surface area is 172 Å². The molecule has 1 aromatic rings. The number of aryl methyl sites for hydroxylation is 1. The summed E-state index contributed by atoms with van der Waals surface area (Å²) >= 11 is 0. The standard InChI is InChI=1S/C24H30O5/c1-3-4-7-15(2)19(25)13-12-17-20(26)14-21-23(17)18-10-5-8-16(24(18)29-21)9-6-11-22(27)28/h5,8,10,12-13,15,17,19-21,23,25-26H,6-7,9,11,14H2,1-2H3,(H,27,28)/b13-12+/t15?,17-,19+,20?,21-,23-/m0/s1. The number of carboxylic acids is 1. The van der Waals surface area contributed by atoms with E-state index in [2.05, 4.69) is 11.8 Å². The van der Waals surface area contributed by atoms with Crippen molar-refractivity contribution in [3.05, 3.63) is 41.5 Å². The first-order valence-electron chi connectivity index (χ1n) is 10.4. The molecule has 29 heavy (non-hydrogen) atoms. The van der Waals surface area contributed by atoms with Gasteiger partial charge in [-0.1, -0.05) is 37.3 Å². The van der Waals surface area contributed by atoms with Gasteiger partial charge in [-0.2, -0.15) is 0 Å². The number of aliphatic hydroxyl groups excluding tert-OH is 2. The van der Waals surface area contributed by atoms with Gasteiger partial charge in [0.1, 0.15) is 11.9 Å². The normalized spacial score (nSPS) is 26.9. The number of rotatable bonds is 8. The van der Waals surface area contributed by atoms with Gasteiger partial charge in [0.2, 0.25) is 0 Å². The number of carboxylic acid groups (broad SMARTS) is 1. The second-order valence-electron chi connectivity index (χ2n) is 8.13. The van der Waals surface area contributed by atoms with Crippen molar-refractivity contribution >= 4 is 5.97 Å². The van der Waals surface area contributed by atoms with E-state index in [-0.39, 0.29) is 30.3 Å². The van der Waals surface area contributed by atoms with Crippen molar-refractivity contribution in [2.45, 2.75) is 70.2 Å². The molecule has 1 heterocycles. The number of ether oxygens (including phenoxy) is 1. The molecule has 2 unspecified atom stereocenters. The lowest BCUT2D eigenvalue weighted by molar-refractivity contribution is -0.137. The summed E-state index contributed by atoms with van der Waals surface area (Å²) in [6.45, 7) is 3.75. The second kappa shape index (κ2) is 9.47. The number of fused-ring (bicyclic) bond motifs is 3. The van der Waals surface area contributed by atoms with Crippen LogP contribution in [-0.4, -0.2) is 39.6 Å². The molecule has 0 bridgehead atoms. The Bertz CT molecular complexity index is 818. The molecule has 1 aromatic carbocycles. The van der Waals surface area contributed by atoms with Crippen LogP contribution in [0.15, 0.2) is 30.4 Å². The molecule has 0 aromatic heterocycles. The van der Waals surface area contributed by atoms with E-state index < -0.39 is 18.2 Å². The number of para-hydroxylation sites is 1. The number of hydrogen-bond acceptors (Lipinski definition) is 4. The van der Waals surface area contributed by atoms with Crippen molar-refractivity contribution in [2.24, 2.45) is 11.8 Å². The van der Waals surface area contributed by atoms with Crippen LogP contribution in [0.5, 0.6) is 5.75 Å². The molecular formula is C24H30O5. The summed E-state index contributed by atoms with van der Waals surface area (Å²) in [5.74, 6) is 5.87. The quantitative estimate of drug-likeness (QED) is 0.462. The zero-order chi connectivity index (χ0) is 21.0. The maximum Gasteiger partial charge on any atom is 0.303 e. The first-order chi connectivity index (χ1) is 13.9. The van der Waals surface area contributed by atoms with Crippen LogP contribution in [-0.2, 0) is 11.2 Å². The van der Waals surface area contributed by atoms with E-state index in [1.54, 1.807) is 13.0 Å². The van der Waals surface area contributed by atoms with E-state index in [9.17, 15) is 15.0 Å². The third kappa shape index (κ3) is 4.83. The highest BCUT2D eigenvalue weighted by atomic mass is 16.5. The second-order valence-corrected chi connectivity index (χ2v) is 8.13. The van der Waals surface area contributed by atoms with Gasteiger partial charge in [-0.25, -0.2) is 0 Å². The van der Waals surface area contributed by atoms with Gasteiger partial charge in [0.25, 0.3) is 0 Å². The van der Waals surface area contributed by atoms with E-state index in [0.717, 1.165) is 16.9 Å². The van der Waals surface area contributed by atoms with Crippen molar-refractivity contribution in [1.82, 2.24) is 0 Å². The Hall–Kier alpha value is -2.29. The van der Waals surface area contributed by atoms with Crippen LogP contribution in [0.2, 0.25) is 0 Å². The molecule has 0 radical (unpaired) electrons. The summed E-state index contributed by atoms with van der Waals surface area (Å²) in [5, 5.41) is 29.9. The minimum Gasteiger partial charge on any atom is -0.489 e. The molecule has 5 nitrogen and oxygen atoms in total. The molecule has 5 heteroatoms. The molecule has 2 aliphatic rings. The summed E-state index contributed by atoms with van der Waals surface area (Å²) in [6.07, 6.45) is 5.07. The SMILES string of the molecule is CC#CCC(C)[C@H](O)/C=C/[C@H]1C(O)C[C@@H]2Oc3c(CCCC(=O)O)cccc3[C@@H]21. The molecule has 1 saturated carbocycles. The fraction of sp³-hybridized carbons (Fsp3) is 0.542. The Kier molecular flexibility index (Phi) is 7.00. The third-order valence-corrected chi connectivity index (χ3v) is 6.04. The third-order valence-electron chi connectivity index (χ3n) is 6.04. The van der Waals surface area contributed by atoms with E-state index >= 15 is 0 Å². The molecular weight excluding hydrogens is 368 g/mol. The number of aliphatic hydroxyl groups is 2. The molecule has 6 atom stereocenters. The first-order valence-corrected chi connectivity index (χ1v) is 10.4. The van der Waals surface area contributed by atoms with Gasteiger partial charge in [-0.05, 0) is 31.2 Å². The van der Waals surface area contributed by atoms with Crippen LogP contribution in [0.4, 0.5) is 0 Å². The maximum absolute atomic E-state index is 10.8. The van der Waals surface area contributed by atoms with Crippen LogP contribution in [0, 0.1) is 23.7 Å². The van der Waals surface area contributed by atoms with Crippen molar-refractivity contribution in [3.8, 4) is 17.6 Å². The molecule has 3 N–H and O–H groups in total. The average Bonchev–Trinajstić information content (AvgIpc) is 3.19. The van der Waals surface area contributed by atoms with E-state index in [1.807, 2.05) is 31.2 Å². The number of benzene rings is 1. The summed E-state index contributed by atoms with van der Waals surface area (Å²) < 4.78 is 6.21.